The van der Waals surface area contributed by atoms with E-state index < -0.39 is 11.7 Å². The Morgan fingerprint density at radius 2 is 1.92 bits per heavy atom. The van der Waals surface area contributed by atoms with Crippen molar-refractivity contribution in [3.8, 4) is 0 Å². The molecular weight excluding hydrogens is 618 g/mol. The first kappa shape index (κ1) is 32.4. The summed E-state index contributed by atoms with van der Waals surface area (Å²) in [4.78, 5) is 4.49. The minimum atomic E-state index is -4.47. The number of halogens is 5. The van der Waals surface area contributed by atoms with Crippen LogP contribution < -0.4 is 10.6 Å². The average Bonchev–Trinajstić information content (AvgIpc) is 2.85. The number of anilines is 1. The highest BCUT2D eigenvalue weighted by atomic mass is 127. The monoisotopic (exact) mass is 651 g/mol. The Balaban J connectivity index is 0.00000154. The zero-order valence-corrected chi connectivity index (χ0v) is 24.8. The Kier molecular flexibility index (Phi) is 14.0. The lowest BCUT2D eigenvalue weighted by Gasteiger charge is -2.29. The number of allylic oxidation sites excluding steroid dienone is 5. The standard InChI is InChI=1S/C25H27ClF3N3.C2H6.HIS/c1-15(2)20(13-17(4)25(27,28)29)16(3)12-23-22(6-5-10-30-23)32-24-21-14-19(26)8-7-18(21)9-11-31-24;2*1-2/h7-9,11-15,22,30H,3-6,10H2,1-2H3,(H,31,32);1-2H3;2H/b20-13+,23-12-;;. The van der Waals surface area contributed by atoms with Gasteiger partial charge in [0.2, 0.25) is 0 Å². The van der Waals surface area contributed by atoms with E-state index in [1.807, 2.05) is 79.2 Å². The number of nitrogens with zero attached hydrogens (tertiary/aromatic N) is 1. The largest absolute Gasteiger partial charge is 0.415 e. The Bertz CT molecular complexity index is 1100. The molecule has 198 valence electrons. The molecule has 2 N–H and O–H groups in total. The number of benzene rings is 1. The molecule has 0 saturated carbocycles. The van der Waals surface area contributed by atoms with Crippen molar-refractivity contribution >= 4 is 59.2 Å². The molecule has 1 atom stereocenters. The summed E-state index contributed by atoms with van der Waals surface area (Å²) in [5, 5.41) is 9.40. The van der Waals surface area contributed by atoms with E-state index >= 15 is 0 Å². The van der Waals surface area contributed by atoms with E-state index in [1.165, 1.54) is 0 Å². The molecule has 0 amide bonds. The summed E-state index contributed by atoms with van der Waals surface area (Å²) in [6, 6.07) is 7.47. The molecule has 1 aromatic heterocycles. The number of hydrogen-bond donors (Lipinski definition) is 3. The van der Waals surface area contributed by atoms with Crippen LogP contribution >= 0.6 is 42.6 Å². The average molecular weight is 652 g/mol. The molecule has 0 bridgehead atoms. The van der Waals surface area contributed by atoms with Crippen LogP contribution in [-0.4, -0.2) is 23.7 Å². The smallest absolute Gasteiger partial charge is 0.387 e. The SMILES string of the molecule is C=C(/C=C1\NCCCC1Nc1nccc2ccc(Cl)cc12)/C(=C/C(=C)C(F)(F)F)C(C)C.CC.SI. The quantitative estimate of drug-likeness (QED) is 0.166. The van der Waals surface area contributed by atoms with Gasteiger partial charge in [0.05, 0.1) is 6.04 Å². The van der Waals surface area contributed by atoms with Crippen molar-refractivity contribution in [1.29, 1.82) is 0 Å². The molecule has 3 nitrogen and oxygen atoms in total. The highest BCUT2D eigenvalue weighted by molar-refractivity contribution is 14.2. The van der Waals surface area contributed by atoms with Crippen LogP contribution in [0.2, 0.25) is 5.02 Å². The molecule has 1 aliphatic heterocycles. The second kappa shape index (κ2) is 15.6. The van der Waals surface area contributed by atoms with Gasteiger partial charge in [0.15, 0.2) is 0 Å². The van der Waals surface area contributed by atoms with Gasteiger partial charge in [0.1, 0.15) is 5.82 Å². The Hall–Kier alpha value is -1.65. The third-order valence-corrected chi connectivity index (χ3v) is 5.66. The third-order valence-electron chi connectivity index (χ3n) is 5.43. The van der Waals surface area contributed by atoms with E-state index in [4.69, 9.17) is 11.6 Å². The first-order chi connectivity index (χ1) is 17.1. The number of piperidine rings is 1. The van der Waals surface area contributed by atoms with Crippen LogP contribution in [0.5, 0.6) is 0 Å². The lowest BCUT2D eigenvalue weighted by Crippen LogP contribution is -2.36. The molecular formula is C27H34ClF3IN3S. The van der Waals surface area contributed by atoms with Gasteiger partial charge in [0, 0.05) is 34.4 Å². The maximum absolute atomic E-state index is 13.0. The number of rotatable bonds is 6. The van der Waals surface area contributed by atoms with Gasteiger partial charge in [-0.3, -0.25) is 0 Å². The number of pyridine rings is 1. The predicted molar refractivity (Wildman–Crippen MR) is 161 cm³/mol. The van der Waals surface area contributed by atoms with Crippen LogP contribution in [0, 0.1) is 5.92 Å². The van der Waals surface area contributed by atoms with Crippen molar-refractivity contribution in [3.63, 3.8) is 0 Å². The van der Waals surface area contributed by atoms with Crippen LogP contribution in [0.1, 0.15) is 40.5 Å². The Morgan fingerprint density at radius 3 is 2.53 bits per heavy atom. The summed E-state index contributed by atoms with van der Waals surface area (Å²) in [5.41, 5.74) is 1.01. The maximum atomic E-state index is 13.0. The van der Waals surface area contributed by atoms with E-state index in [0.717, 1.165) is 41.9 Å². The Morgan fingerprint density at radius 1 is 1.25 bits per heavy atom. The molecule has 1 aliphatic rings. The van der Waals surface area contributed by atoms with Gasteiger partial charge in [-0.05, 0) is 86.8 Å². The van der Waals surface area contributed by atoms with Crippen LogP contribution in [0.25, 0.3) is 10.8 Å². The van der Waals surface area contributed by atoms with E-state index in [0.29, 0.717) is 22.0 Å². The highest BCUT2D eigenvalue weighted by Gasteiger charge is 2.31. The lowest BCUT2D eigenvalue weighted by molar-refractivity contribution is -0.0878. The molecule has 0 aliphatic carbocycles. The first-order valence-electron chi connectivity index (χ1n) is 11.7. The van der Waals surface area contributed by atoms with Crippen molar-refractivity contribution in [2.24, 2.45) is 5.92 Å². The molecule has 1 aromatic carbocycles. The number of thiol groups is 1. The minimum absolute atomic E-state index is 0.0863. The molecule has 0 radical (unpaired) electrons. The van der Waals surface area contributed by atoms with Crippen LogP contribution in [0.15, 0.2) is 78.2 Å². The molecule has 2 heterocycles. The molecule has 1 fully saturated rings. The zero-order chi connectivity index (χ0) is 27.5. The summed E-state index contributed by atoms with van der Waals surface area (Å²) in [6.07, 6.45) is 1.97. The fourth-order valence-corrected chi connectivity index (χ4v) is 3.88. The normalized spacial score (nSPS) is 16.9. The Labute approximate surface area is 235 Å². The molecule has 3 rings (SSSR count). The van der Waals surface area contributed by atoms with Crippen molar-refractivity contribution in [3.05, 3.63) is 83.2 Å². The first-order valence-corrected chi connectivity index (χ1v) is 15.3. The predicted octanol–water partition coefficient (Wildman–Crippen LogP) is 9.49. The van der Waals surface area contributed by atoms with Crippen LogP contribution in [0.3, 0.4) is 0 Å². The van der Waals surface area contributed by atoms with E-state index in [-0.39, 0.29) is 12.0 Å². The number of alkyl halides is 3. The third kappa shape index (κ3) is 9.34. The molecule has 0 spiro atoms. The molecule has 1 unspecified atom stereocenters. The lowest BCUT2D eigenvalue weighted by atomic mass is 9.91. The number of aromatic nitrogens is 1. The van der Waals surface area contributed by atoms with Gasteiger partial charge >= 0.3 is 6.18 Å². The fraction of sp³-hybridized carbons (Fsp3) is 0.370. The fourth-order valence-electron chi connectivity index (χ4n) is 3.71. The van der Waals surface area contributed by atoms with Gasteiger partial charge < -0.3 is 10.6 Å². The van der Waals surface area contributed by atoms with Gasteiger partial charge in [-0.15, -0.1) is 9.80 Å². The van der Waals surface area contributed by atoms with E-state index in [1.54, 1.807) is 6.20 Å². The molecule has 2 aromatic rings. The summed E-state index contributed by atoms with van der Waals surface area (Å²) in [7, 11) is 3.50. The summed E-state index contributed by atoms with van der Waals surface area (Å²) < 4.78 is 39.1. The van der Waals surface area contributed by atoms with Gasteiger partial charge in [-0.2, -0.15) is 13.2 Å². The second-order valence-electron chi connectivity index (χ2n) is 8.19. The zero-order valence-electron chi connectivity index (χ0n) is 21.0. The van der Waals surface area contributed by atoms with Gasteiger partial charge in [0.25, 0.3) is 0 Å². The van der Waals surface area contributed by atoms with E-state index in [9.17, 15) is 13.2 Å². The summed E-state index contributed by atoms with van der Waals surface area (Å²) in [5.74, 6) is 0.565. The van der Waals surface area contributed by atoms with Crippen molar-refractivity contribution < 1.29 is 13.2 Å². The topological polar surface area (TPSA) is 37.0 Å². The van der Waals surface area contributed by atoms with Gasteiger partial charge in [-0.25, -0.2) is 4.98 Å². The van der Waals surface area contributed by atoms with Crippen molar-refractivity contribution in [1.82, 2.24) is 10.3 Å². The molecule has 9 heteroatoms. The number of fused-ring (bicyclic) bond motifs is 1. The van der Waals surface area contributed by atoms with E-state index in [2.05, 4.69) is 38.6 Å². The minimum Gasteiger partial charge on any atom is -0.387 e. The highest BCUT2D eigenvalue weighted by Crippen LogP contribution is 2.31. The maximum Gasteiger partial charge on any atom is 0.415 e. The summed E-state index contributed by atoms with van der Waals surface area (Å²) >= 11 is 8.03. The molecule has 1 saturated heterocycles. The van der Waals surface area contributed by atoms with Crippen molar-refractivity contribution in [2.45, 2.75) is 52.8 Å². The van der Waals surface area contributed by atoms with Crippen molar-refractivity contribution in [2.75, 3.05) is 11.9 Å². The van der Waals surface area contributed by atoms with Crippen LogP contribution in [0.4, 0.5) is 19.0 Å². The summed E-state index contributed by atoms with van der Waals surface area (Å²) in [6.45, 7) is 15.7. The number of nitrogens with one attached hydrogen (secondary N) is 2. The number of hydrogen-bond acceptors (Lipinski definition) is 4. The van der Waals surface area contributed by atoms with Crippen LogP contribution in [-0.2, 0) is 0 Å². The van der Waals surface area contributed by atoms with Gasteiger partial charge in [-0.1, -0.05) is 58.5 Å². The second-order valence-corrected chi connectivity index (χ2v) is 8.63. The molecule has 36 heavy (non-hydrogen) atoms.